The molecule has 0 saturated heterocycles. The zero-order chi connectivity index (χ0) is 24.2. The molecular formula is C25H25ClN4O3S. The number of carbonyl (C=O) groups excluding carboxylic acids is 2. The van der Waals surface area contributed by atoms with E-state index in [4.69, 9.17) is 21.3 Å². The number of anilines is 1. The van der Waals surface area contributed by atoms with Crippen LogP contribution in [-0.4, -0.2) is 35.5 Å². The number of hydrogen-bond acceptors (Lipinski definition) is 6. The highest BCUT2D eigenvalue weighted by atomic mass is 35.5. The summed E-state index contributed by atoms with van der Waals surface area (Å²) in [7, 11) is 1.59. The lowest BCUT2D eigenvalue weighted by atomic mass is 9.93. The molecule has 176 valence electrons. The molecule has 0 radical (unpaired) electrons. The van der Waals surface area contributed by atoms with Gasteiger partial charge >= 0.3 is 0 Å². The Morgan fingerprint density at radius 1 is 1.21 bits per heavy atom. The molecule has 0 saturated carbocycles. The van der Waals surface area contributed by atoms with Gasteiger partial charge in [0.2, 0.25) is 5.91 Å². The molecule has 2 aliphatic heterocycles. The average molecular weight is 497 g/mol. The fraction of sp³-hybridized carbons (Fsp3) is 0.240. The second-order valence-corrected chi connectivity index (χ2v) is 9.03. The van der Waals surface area contributed by atoms with Crippen molar-refractivity contribution in [2.24, 2.45) is 4.99 Å². The number of amidine groups is 1. The van der Waals surface area contributed by atoms with Gasteiger partial charge < -0.3 is 20.3 Å². The molecular weight excluding hydrogens is 472 g/mol. The summed E-state index contributed by atoms with van der Waals surface area (Å²) < 4.78 is 5.20. The lowest BCUT2D eigenvalue weighted by Crippen LogP contribution is -2.38. The second-order valence-electron chi connectivity index (χ2n) is 7.76. The molecule has 2 aromatic carbocycles. The van der Waals surface area contributed by atoms with Crippen LogP contribution >= 0.6 is 23.4 Å². The molecule has 0 fully saturated rings. The standard InChI is InChI=1S/C25H25ClN4O3S/c1-4-27-21(31)13-19-14-34-25-28-15(2)22(23(30(19)25)16-6-5-7-17(26)12-16)24(32)29-18-8-10-20(33-3)11-9-18/h5-12,14,23H,4,13H2,1-3H3,(H,27,31)(H,29,32)/t23-/m1/s1. The van der Waals surface area contributed by atoms with Crippen molar-refractivity contribution in [1.29, 1.82) is 0 Å². The summed E-state index contributed by atoms with van der Waals surface area (Å²) in [5, 5.41) is 9.02. The molecule has 0 spiro atoms. The number of carbonyl (C=O) groups is 2. The molecule has 0 bridgehead atoms. The van der Waals surface area contributed by atoms with Crippen molar-refractivity contribution in [2.75, 3.05) is 19.0 Å². The van der Waals surface area contributed by atoms with Gasteiger partial charge in [-0.05, 0) is 61.2 Å². The van der Waals surface area contributed by atoms with Crippen molar-refractivity contribution in [3.05, 3.63) is 81.5 Å². The molecule has 0 unspecified atom stereocenters. The Bertz CT molecular complexity index is 1210. The fourth-order valence-electron chi connectivity index (χ4n) is 3.95. The third-order valence-electron chi connectivity index (χ3n) is 5.47. The Morgan fingerprint density at radius 2 is 1.97 bits per heavy atom. The van der Waals surface area contributed by atoms with E-state index < -0.39 is 6.04 Å². The summed E-state index contributed by atoms with van der Waals surface area (Å²) in [5.41, 5.74) is 3.36. The number of nitrogens with zero attached hydrogens (tertiary/aromatic N) is 2. The Balaban J connectivity index is 1.72. The molecule has 0 aliphatic carbocycles. The van der Waals surface area contributed by atoms with Crippen LogP contribution in [0.3, 0.4) is 0 Å². The summed E-state index contributed by atoms with van der Waals surface area (Å²) >= 11 is 7.77. The van der Waals surface area contributed by atoms with Crippen molar-refractivity contribution in [3.63, 3.8) is 0 Å². The van der Waals surface area contributed by atoms with Crippen LogP contribution in [0.2, 0.25) is 5.02 Å². The van der Waals surface area contributed by atoms with Crippen LogP contribution in [0.25, 0.3) is 0 Å². The average Bonchev–Trinajstić information content (AvgIpc) is 3.20. The number of ether oxygens (including phenoxy) is 1. The zero-order valence-corrected chi connectivity index (χ0v) is 20.7. The lowest BCUT2D eigenvalue weighted by Gasteiger charge is -2.36. The van der Waals surface area contributed by atoms with Gasteiger partial charge in [0.05, 0.1) is 30.8 Å². The van der Waals surface area contributed by atoms with Gasteiger partial charge in [-0.15, -0.1) is 0 Å². The number of fused-ring (bicyclic) bond motifs is 1. The molecule has 2 amide bonds. The van der Waals surface area contributed by atoms with Crippen molar-refractivity contribution >= 4 is 46.0 Å². The Morgan fingerprint density at radius 3 is 2.65 bits per heavy atom. The zero-order valence-electron chi connectivity index (χ0n) is 19.1. The number of thioether (sulfide) groups is 1. The Labute approximate surface area is 207 Å². The molecule has 0 aromatic heterocycles. The number of hydrogen-bond donors (Lipinski definition) is 2. The van der Waals surface area contributed by atoms with Crippen molar-refractivity contribution in [1.82, 2.24) is 10.2 Å². The van der Waals surface area contributed by atoms with Crippen LogP contribution < -0.4 is 15.4 Å². The van der Waals surface area contributed by atoms with Gasteiger partial charge in [-0.25, -0.2) is 4.99 Å². The molecule has 4 rings (SSSR count). The van der Waals surface area contributed by atoms with Gasteiger partial charge in [-0.2, -0.15) is 0 Å². The number of nitrogens with one attached hydrogen (secondary N) is 2. The van der Waals surface area contributed by atoms with Gasteiger partial charge in [0.15, 0.2) is 5.17 Å². The molecule has 7 nitrogen and oxygen atoms in total. The molecule has 1 atom stereocenters. The number of benzene rings is 2. The van der Waals surface area contributed by atoms with Gasteiger partial charge in [0, 0.05) is 23.0 Å². The first-order chi connectivity index (χ1) is 16.4. The quantitative estimate of drug-likeness (QED) is 0.558. The molecule has 2 N–H and O–H groups in total. The second kappa shape index (κ2) is 10.4. The van der Waals surface area contributed by atoms with Crippen LogP contribution in [0.4, 0.5) is 5.69 Å². The van der Waals surface area contributed by atoms with Crippen molar-refractivity contribution < 1.29 is 14.3 Å². The minimum absolute atomic E-state index is 0.0871. The number of amides is 2. The first-order valence-corrected chi connectivity index (χ1v) is 12.1. The normalized spacial score (nSPS) is 17.1. The fourth-order valence-corrected chi connectivity index (χ4v) is 5.11. The number of rotatable bonds is 7. The molecule has 9 heteroatoms. The maximum atomic E-state index is 13.6. The summed E-state index contributed by atoms with van der Waals surface area (Å²) in [6.45, 7) is 4.26. The van der Waals surface area contributed by atoms with Gasteiger partial charge in [0.1, 0.15) is 5.75 Å². The number of allylic oxidation sites excluding steroid dienone is 1. The monoisotopic (exact) mass is 496 g/mol. The summed E-state index contributed by atoms with van der Waals surface area (Å²) in [6, 6.07) is 14.1. The maximum Gasteiger partial charge on any atom is 0.255 e. The predicted octanol–water partition coefficient (Wildman–Crippen LogP) is 5.09. The molecule has 2 heterocycles. The highest BCUT2D eigenvalue weighted by molar-refractivity contribution is 8.16. The third kappa shape index (κ3) is 4.98. The van der Waals surface area contributed by atoms with E-state index in [-0.39, 0.29) is 18.2 Å². The van der Waals surface area contributed by atoms with E-state index >= 15 is 0 Å². The summed E-state index contributed by atoms with van der Waals surface area (Å²) in [5.74, 6) is 0.340. The highest BCUT2D eigenvalue weighted by Crippen LogP contribution is 2.45. The molecule has 2 aromatic rings. The Hall–Kier alpha value is -3.23. The highest BCUT2D eigenvalue weighted by Gasteiger charge is 2.40. The SMILES string of the molecule is CCNC(=O)CC1=CSC2=NC(C)=C(C(=O)Nc3ccc(OC)cc3)[C@@H](c3cccc(Cl)c3)N12. The lowest BCUT2D eigenvalue weighted by molar-refractivity contribution is -0.120. The van der Waals surface area contributed by atoms with Crippen LogP contribution in [0.5, 0.6) is 5.75 Å². The third-order valence-corrected chi connectivity index (χ3v) is 6.60. The number of aliphatic imine (C=N–C) groups is 1. The van der Waals surface area contributed by atoms with Crippen molar-refractivity contribution in [2.45, 2.75) is 26.3 Å². The first-order valence-electron chi connectivity index (χ1n) is 10.8. The van der Waals surface area contributed by atoms with E-state index in [0.717, 1.165) is 16.4 Å². The van der Waals surface area contributed by atoms with Crippen LogP contribution in [0.1, 0.15) is 31.9 Å². The minimum atomic E-state index is -0.486. The van der Waals surface area contributed by atoms with Gasteiger partial charge in [0.25, 0.3) is 5.91 Å². The smallest absolute Gasteiger partial charge is 0.255 e. The van der Waals surface area contributed by atoms with E-state index in [0.29, 0.717) is 34.3 Å². The summed E-state index contributed by atoms with van der Waals surface area (Å²) in [4.78, 5) is 32.6. The summed E-state index contributed by atoms with van der Waals surface area (Å²) in [6.07, 6.45) is 0.184. The number of methoxy groups -OCH3 is 1. The van der Waals surface area contributed by atoms with E-state index in [9.17, 15) is 9.59 Å². The van der Waals surface area contributed by atoms with E-state index in [2.05, 4.69) is 10.6 Å². The topological polar surface area (TPSA) is 83.0 Å². The minimum Gasteiger partial charge on any atom is -0.497 e. The van der Waals surface area contributed by atoms with E-state index in [1.165, 1.54) is 11.8 Å². The number of halogens is 1. The maximum absolute atomic E-state index is 13.6. The van der Waals surface area contributed by atoms with E-state index in [1.54, 1.807) is 37.4 Å². The first kappa shape index (κ1) is 23.9. The van der Waals surface area contributed by atoms with Crippen LogP contribution in [0, 0.1) is 0 Å². The van der Waals surface area contributed by atoms with Crippen molar-refractivity contribution in [3.8, 4) is 5.75 Å². The predicted molar refractivity (Wildman–Crippen MR) is 137 cm³/mol. The van der Waals surface area contributed by atoms with E-state index in [1.807, 2.05) is 42.4 Å². The van der Waals surface area contributed by atoms with Crippen LogP contribution in [0.15, 0.2) is 75.9 Å². The molecule has 34 heavy (non-hydrogen) atoms. The van der Waals surface area contributed by atoms with Gasteiger partial charge in [-0.1, -0.05) is 35.5 Å². The Kier molecular flexibility index (Phi) is 7.29. The van der Waals surface area contributed by atoms with Crippen LogP contribution in [-0.2, 0) is 9.59 Å². The van der Waals surface area contributed by atoms with Gasteiger partial charge in [-0.3, -0.25) is 9.59 Å². The largest absolute Gasteiger partial charge is 0.497 e. The molecule has 2 aliphatic rings.